The summed E-state index contributed by atoms with van der Waals surface area (Å²) >= 11 is 0. The first kappa shape index (κ1) is 30.8. The van der Waals surface area contributed by atoms with E-state index in [0.717, 1.165) is 100 Å². The summed E-state index contributed by atoms with van der Waals surface area (Å²) in [5, 5.41) is 4.44. The summed E-state index contributed by atoms with van der Waals surface area (Å²) in [6.07, 6.45) is 8.01. The van der Waals surface area contributed by atoms with Crippen LogP contribution in [-0.2, 0) is 0 Å². The highest BCUT2D eigenvalue weighted by atomic mass is 16.5. The van der Waals surface area contributed by atoms with Gasteiger partial charge in [0.05, 0.1) is 0 Å². The van der Waals surface area contributed by atoms with Crippen molar-refractivity contribution < 1.29 is 13.6 Å². The molecule has 4 heteroatoms. The van der Waals surface area contributed by atoms with Gasteiger partial charge in [-0.3, -0.25) is 0 Å². The molecule has 7 aromatic carbocycles. The Morgan fingerprint density at radius 1 is 0.453 bits per heavy atom. The molecule has 0 aliphatic carbocycles. The van der Waals surface area contributed by atoms with Crippen LogP contribution in [0.15, 0.2) is 191 Å². The molecule has 252 valence electrons. The van der Waals surface area contributed by atoms with Crippen LogP contribution in [0.3, 0.4) is 0 Å². The Morgan fingerprint density at radius 2 is 1.02 bits per heavy atom. The van der Waals surface area contributed by atoms with Crippen LogP contribution in [0, 0.1) is 0 Å². The van der Waals surface area contributed by atoms with Gasteiger partial charge < -0.3 is 18.5 Å². The van der Waals surface area contributed by atoms with Crippen molar-refractivity contribution in [3.63, 3.8) is 0 Å². The number of ether oxygens (including phenoxy) is 1. The Morgan fingerprint density at radius 3 is 1.75 bits per heavy atom. The van der Waals surface area contributed by atoms with Crippen LogP contribution in [-0.4, -0.2) is 6.61 Å². The molecule has 0 N–H and O–H groups in total. The van der Waals surface area contributed by atoms with Crippen LogP contribution in [0.2, 0.25) is 0 Å². The van der Waals surface area contributed by atoms with Gasteiger partial charge in [-0.1, -0.05) is 104 Å². The van der Waals surface area contributed by atoms with E-state index in [1.165, 1.54) is 0 Å². The number of benzene rings is 7. The van der Waals surface area contributed by atoms with Crippen molar-refractivity contribution in [2.45, 2.75) is 0 Å². The molecule has 0 spiro atoms. The van der Waals surface area contributed by atoms with E-state index in [1.54, 1.807) is 0 Å². The lowest BCUT2D eigenvalue weighted by Gasteiger charge is -2.26. The maximum absolute atomic E-state index is 6.21. The van der Waals surface area contributed by atoms with E-state index in [2.05, 4.69) is 139 Å². The minimum atomic E-state index is 0.506. The number of hydrogen-bond donors (Lipinski definition) is 0. The molecule has 53 heavy (non-hydrogen) atoms. The Hall–Kier alpha value is -7.04. The number of para-hydroxylation sites is 2. The van der Waals surface area contributed by atoms with Gasteiger partial charge in [0, 0.05) is 44.2 Å². The normalized spacial score (nSPS) is 14.1. The van der Waals surface area contributed by atoms with E-state index in [9.17, 15) is 0 Å². The zero-order valence-corrected chi connectivity index (χ0v) is 28.8. The average Bonchev–Trinajstić information content (AvgIpc) is 3.79. The van der Waals surface area contributed by atoms with E-state index >= 15 is 0 Å². The van der Waals surface area contributed by atoms with E-state index in [4.69, 9.17) is 13.6 Å². The van der Waals surface area contributed by atoms with Crippen molar-refractivity contribution in [3.05, 3.63) is 188 Å². The van der Waals surface area contributed by atoms with Gasteiger partial charge >= 0.3 is 0 Å². The number of fused-ring (bicyclic) bond motifs is 7. The van der Waals surface area contributed by atoms with Crippen LogP contribution in [0.4, 0.5) is 17.1 Å². The Balaban J connectivity index is 1.04. The number of allylic oxidation sites excluding steroid dienone is 4. The largest absolute Gasteiger partial charge is 0.489 e. The van der Waals surface area contributed by atoms with E-state index in [1.807, 2.05) is 48.6 Å². The van der Waals surface area contributed by atoms with E-state index < -0.39 is 0 Å². The van der Waals surface area contributed by atoms with Crippen LogP contribution in [0.1, 0.15) is 5.56 Å². The van der Waals surface area contributed by atoms with Crippen molar-refractivity contribution >= 4 is 66.5 Å². The molecule has 2 aromatic heterocycles. The first-order valence-electron chi connectivity index (χ1n) is 17.8. The van der Waals surface area contributed by atoms with Gasteiger partial charge in [0.25, 0.3) is 0 Å². The number of rotatable bonds is 5. The van der Waals surface area contributed by atoms with Gasteiger partial charge in [-0.2, -0.15) is 0 Å². The summed E-state index contributed by atoms with van der Waals surface area (Å²) in [6.45, 7) is 4.75. The molecular formula is C49H33NO3. The average molecular weight is 684 g/mol. The summed E-state index contributed by atoms with van der Waals surface area (Å²) in [7, 11) is 0. The lowest BCUT2D eigenvalue weighted by molar-refractivity contribution is 0.362. The molecule has 0 saturated heterocycles. The lowest BCUT2D eigenvalue weighted by Crippen LogP contribution is -2.09. The molecule has 0 saturated carbocycles. The minimum absolute atomic E-state index is 0.506. The summed E-state index contributed by atoms with van der Waals surface area (Å²) < 4.78 is 18.5. The highest BCUT2D eigenvalue weighted by Crippen LogP contribution is 2.41. The van der Waals surface area contributed by atoms with E-state index in [-0.39, 0.29) is 0 Å². The zero-order chi connectivity index (χ0) is 35.3. The molecule has 0 fully saturated rings. The monoisotopic (exact) mass is 683 g/mol. The number of furan rings is 2. The Bertz CT molecular complexity index is 2900. The summed E-state index contributed by atoms with van der Waals surface area (Å²) in [6, 6.07) is 53.1. The Labute approximate surface area is 306 Å². The van der Waals surface area contributed by atoms with Gasteiger partial charge in [0.15, 0.2) is 0 Å². The zero-order valence-electron chi connectivity index (χ0n) is 28.8. The molecular weight excluding hydrogens is 651 g/mol. The molecule has 10 rings (SSSR count). The third-order valence-corrected chi connectivity index (χ3v) is 10.1. The molecule has 9 aromatic rings. The van der Waals surface area contributed by atoms with Gasteiger partial charge in [0.1, 0.15) is 34.7 Å². The fraction of sp³-hybridized carbons (Fsp3) is 0.0204. The van der Waals surface area contributed by atoms with Crippen molar-refractivity contribution in [3.8, 4) is 28.0 Å². The number of hydrogen-bond acceptors (Lipinski definition) is 4. The topological polar surface area (TPSA) is 38.8 Å². The van der Waals surface area contributed by atoms with Gasteiger partial charge in [0.2, 0.25) is 0 Å². The predicted octanol–water partition coefficient (Wildman–Crippen LogP) is 13.8. The maximum Gasteiger partial charge on any atom is 0.136 e. The summed E-state index contributed by atoms with van der Waals surface area (Å²) in [4.78, 5) is 2.30. The van der Waals surface area contributed by atoms with Crippen molar-refractivity contribution in [1.29, 1.82) is 0 Å². The van der Waals surface area contributed by atoms with Crippen molar-refractivity contribution in [2.24, 2.45) is 0 Å². The quantitative estimate of drug-likeness (QED) is 0.181. The molecule has 4 nitrogen and oxygen atoms in total. The second-order valence-corrected chi connectivity index (χ2v) is 13.4. The van der Waals surface area contributed by atoms with Gasteiger partial charge in [-0.05, 0) is 107 Å². The minimum Gasteiger partial charge on any atom is -0.489 e. The highest BCUT2D eigenvalue weighted by Gasteiger charge is 2.17. The fourth-order valence-corrected chi connectivity index (χ4v) is 7.43. The molecule has 3 heterocycles. The molecule has 1 aliphatic rings. The first-order chi connectivity index (χ1) is 26.2. The first-order valence-corrected chi connectivity index (χ1v) is 17.8. The molecule has 0 radical (unpaired) electrons. The van der Waals surface area contributed by atoms with Crippen LogP contribution in [0.5, 0.6) is 5.75 Å². The predicted molar refractivity (Wildman–Crippen MR) is 219 cm³/mol. The summed E-state index contributed by atoms with van der Waals surface area (Å²) in [5.41, 5.74) is 13.0. The number of anilines is 3. The second kappa shape index (κ2) is 12.6. The smallest absolute Gasteiger partial charge is 0.136 e. The third-order valence-electron chi connectivity index (χ3n) is 10.1. The van der Waals surface area contributed by atoms with Crippen LogP contribution in [0.25, 0.3) is 71.7 Å². The second-order valence-electron chi connectivity index (χ2n) is 13.4. The highest BCUT2D eigenvalue weighted by molar-refractivity contribution is 6.07. The summed E-state index contributed by atoms with van der Waals surface area (Å²) in [5.74, 6) is 0.828. The fourth-order valence-electron chi connectivity index (χ4n) is 7.43. The van der Waals surface area contributed by atoms with Gasteiger partial charge in [-0.15, -0.1) is 0 Å². The standard InChI is InChI=1S/C49H33NO3/c1-32-9-3-2-8-28-51-48-29-35(18-25-40(32)48)33-14-20-37(21-15-33)50(39-24-27-47-44(31-39)42-11-5-7-13-46(42)52-47)38-22-16-34(17-23-38)36-19-26-43-41-10-4-6-12-45(41)53-49(43)30-36/h2-27,29-31H,1,28H2/b8-2-,9-3-. The van der Waals surface area contributed by atoms with Crippen LogP contribution < -0.4 is 9.64 Å². The maximum atomic E-state index is 6.21. The van der Waals surface area contributed by atoms with Crippen LogP contribution >= 0.6 is 0 Å². The lowest BCUT2D eigenvalue weighted by atomic mass is 9.99. The molecule has 0 amide bonds. The molecule has 1 aliphatic heterocycles. The van der Waals surface area contributed by atoms with Gasteiger partial charge in [-0.25, -0.2) is 0 Å². The third kappa shape index (κ3) is 5.49. The SMILES string of the molecule is C=C1/C=C\C=C/COc2cc(-c3ccc(N(c4ccc(-c5ccc6c(c5)oc5ccccc56)cc4)c4ccc5oc6ccccc6c5c4)cc3)ccc21. The molecule has 0 atom stereocenters. The molecule has 0 unspecified atom stereocenters. The number of nitrogens with zero attached hydrogens (tertiary/aromatic N) is 1. The Kier molecular flexibility index (Phi) is 7.33. The van der Waals surface area contributed by atoms with Crippen molar-refractivity contribution in [2.75, 3.05) is 11.5 Å². The molecule has 0 bridgehead atoms. The van der Waals surface area contributed by atoms with E-state index in [0.29, 0.717) is 6.61 Å². The van der Waals surface area contributed by atoms with Crippen molar-refractivity contribution in [1.82, 2.24) is 0 Å².